The van der Waals surface area contributed by atoms with Crippen LogP contribution in [0.5, 0.6) is 0 Å². The Hall–Kier alpha value is -1.93. The molecule has 0 N–H and O–H groups in total. The highest BCUT2D eigenvalue weighted by Crippen LogP contribution is 2.20. The molecule has 1 aromatic heterocycles. The average Bonchev–Trinajstić information content (AvgIpc) is 2.75. The summed E-state index contributed by atoms with van der Waals surface area (Å²) in [5.74, 6) is 2.25. The molecule has 8 heteroatoms. The fourth-order valence-electron chi connectivity index (χ4n) is 4.05. The van der Waals surface area contributed by atoms with Gasteiger partial charge in [0.2, 0.25) is 5.91 Å². The van der Waals surface area contributed by atoms with E-state index in [1.54, 1.807) is 6.33 Å². The molecule has 3 aliphatic rings. The third-order valence-electron chi connectivity index (χ3n) is 5.74. The minimum atomic E-state index is 0.291. The van der Waals surface area contributed by atoms with Crippen molar-refractivity contribution in [3.63, 3.8) is 0 Å². The van der Waals surface area contributed by atoms with Crippen molar-refractivity contribution >= 4 is 17.5 Å². The molecule has 1 amide bonds. The van der Waals surface area contributed by atoms with Crippen LogP contribution in [0.25, 0.3) is 0 Å². The van der Waals surface area contributed by atoms with Crippen molar-refractivity contribution < 1.29 is 9.53 Å². The second-order valence-electron chi connectivity index (χ2n) is 7.54. The number of piperidine rings is 1. The first kappa shape index (κ1) is 18.4. The molecule has 3 aliphatic heterocycles. The fraction of sp³-hybridized carbons (Fsp3) is 0.737. The Labute approximate surface area is 161 Å². The Balaban J connectivity index is 1.29. The number of carbonyl (C=O) groups excluding carboxylic acids is 1. The van der Waals surface area contributed by atoms with E-state index in [0.717, 1.165) is 90.0 Å². The van der Waals surface area contributed by atoms with E-state index in [-0.39, 0.29) is 0 Å². The van der Waals surface area contributed by atoms with Crippen molar-refractivity contribution in [1.29, 1.82) is 0 Å². The van der Waals surface area contributed by atoms with Crippen LogP contribution in [0.2, 0.25) is 0 Å². The fourth-order valence-corrected chi connectivity index (χ4v) is 4.05. The number of ether oxygens (including phenoxy) is 1. The molecule has 0 unspecified atom stereocenters. The van der Waals surface area contributed by atoms with Gasteiger partial charge in [0.05, 0.1) is 19.8 Å². The van der Waals surface area contributed by atoms with Crippen LogP contribution in [-0.4, -0.2) is 97.8 Å². The predicted octanol–water partition coefficient (Wildman–Crippen LogP) is 0.448. The van der Waals surface area contributed by atoms with Crippen LogP contribution in [0.15, 0.2) is 12.4 Å². The lowest BCUT2D eigenvalue weighted by Crippen LogP contribution is -2.51. The van der Waals surface area contributed by atoms with Gasteiger partial charge in [-0.15, -0.1) is 0 Å². The minimum Gasteiger partial charge on any atom is -0.378 e. The molecule has 0 atom stereocenters. The summed E-state index contributed by atoms with van der Waals surface area (Å²) in [5.41, 5.74) is 0. The van der Waals surface area contributed by atoms with Gasteiger partial charge in [0.1, 0.15) is 18.0 Å². The van der Waals surface area contributed by atoms with Crippen molar-refractivity contribution in [2.45, 2.75) is 19.3 Å². The first-order valence-electron chi connectivity index (χ1n) is 10.2. The molecular formula is C19H30N6O2. The number of nitrogens with zero attached hydrogens (tertiary/aromatic N) is 6. The molecule has 0 bridgehead atoms. The van der Waals surface area contributed by atoms with Crippen LogP contribution in [0.3, 0.4) is 0 Å². The van der Waals surface area contributed by atoms with Gasteiger partial charge >= 0.3 is 0 Å². The molecule has 3 fully saturated rings. The molecular weight excluding hydrogens is 344 g/mol. The normalized spacial score (nSPS) is 22.1. The molecule has 4 heterocycles. The number of aromatic nitrogens is 2. The summed E-state index contributed by atoms with van der Waals surface area (Å²) in [6.07, 6.45) is 5.22. The van der Waals surface area contributed by atoms with Gasteiger partial charge in [-0.05, 0) is 19.3 Å². The number of piperazine rings is 1. The van der Waals surface area contributed by atoms with Gasteiger partial charge in [-0.3, -0.25) is 9.69 Å². The standard InChI is InChI=1S/C19H30N6O2/c26-19(25-4-2-1-3-5-25)15-22-6-8-23(9-7-22)17-14-18(21-16-20-17)24-10-12-27-13-11-24/h14,16H,1-13,15H2. The van der Waals surface area contributed by atoms with Gasteiger partial charge in [0.15, 0.2) is 0 Å². The number of hydrogen-bond donors (Lipinski definition) is 0. The molecule has 148 valence electrons. The maximum Gasteiger partial charge on any atom is 0.236 e. The smallest absolute Gasteiger partial charge is 0.236 e. The van der Waals surface area contributed by atoms with Crippen molar-refractivity contribution in [2.24, 2.45) is 0 Å². The van der Waals surface area contributed by atoms with E-state index in [9.17, 15) is 4.79 Å². The molecule has 0 aliphatic carbocycles. The molecule has 0 spiro atoms. The minimum absolute atomic E-state index is 0.291. The summed E-state index contributed by atoms with van der Waals surface area (Å²) < 4.78 is 5.42. The zero-order chi connectivity index (χ0) is 18.5. The van der Waals surface area contributed by atoms with Crippen LogP contribution in [0, 0.1) is 0 Å². The van der Waals surface area contributed by atoms with E-state index < -0.39 is 0 Å². The first-order valence-corrected chi connectivity index (χ1v) is 10.2. The molecule has 0 radical (unpaired) electrons. The Bertz CT molecular complexity index is 622. The van der Waals surface area contributed by atoms with Crippen molar-refractivity contribution in [2.75, 3.05) is 81.9 Å². The molecule has 0 aromatic carbocycles. The highest BCUT2D eigenvalue weighted by Gasteiger charge is 2.24. The molecule has 3 saturated heterocycles. The Morgan fingerprint density at radius 2 is 1.48 bits per heavy atom. The summed E-state index contributed by atoms with van der Waals surface area (Å²) in [5, 5.41) is 0. The van der Waals surface area contributed by atoms with E-state index in [1.807, 2.05) is 4.90 Å². The van der Waals surface area contributed by atoms with Gasteiger partial charge in [-0.1, -0.05) is 0 Å². The maximum absolute atomic E-state index is 12.5. The number of amides is 1. The van der Waals surface area contributed by atoms with Gasteiger partial charge in [-0.2, -0.15) is 0 Å². The number of carbonyl (C=O) groups is 1. The van der Waals surface area contributed by atoms with E-state index in [2.05, 4.69) is 30.7 Å². The van der Waals surface area contributed by atoms with Gasteiger partial charge in [0, 0.05) is 58.4 Å². The number of hydrogen-bond acceptors (Lipinski definition) is 7. The summed E-state index contributed by atoms with van der Waals surface area (Å²) in [4.78, 5) is 30.3. The monoisotopic (exact) mass is 374 g/mol. The van der Waals surface area contributed by atoms with Crippen LogP contribution in [-0.2, 0) is 9.53 Å². The molecule has 8 nitrogen and oxygen atoms in total. The van der Waals surface area contributed by atoms with Gasteiger partial charge < -0.3 is 19.4 Å². The van der Waals surface area contributed by atoms with Crippen LogP contribution in [0.1, 0.15) is 19.3 Å². The van der Waals surface area contributed by atoms with E-state index in [0.29, 0.717) is 12.5 Å². The third kappa shape index (κ3) is 4.68. The highest BCUT2D eigenvalue weighted by atomic mass is 16.5. The molecule has 27 heavy (non-hydrogen) atoms. The second-order valence-corrected chi connectivity index (χ2v) is 7.54. The quantitative estimate of drug-likeness (QED) is 0.758. The Kier molecular flexibility index (Phi) is 6.03. The topological polar surface area (TPSA) is 65.0 Å². The number of anilines is 2. The SMILES string of the molecule is O=C(CN1CCN(c2cc(N3CCOCC3)ncn2)CC1)N1CCCCC1. The zero-order valence-corrected chi connectivity index (χ0v) is 16.1. The van der Waals surface area contributed by atoms with Gasteiger partial charge in [0.25, 0.3) is 0 Å². The lowest BCUT2D eigenvalue weighted by atomic mass is 10.1. The average molecular weight is 374 g/mol. The third-order valence-corrected chi connectivity index (χ3v) is 5.74. The van der Waals surface area contributed by atoms with Gasteiger partial charge in [-0.25, -0.2) is 9.97 Å². The van der Waals surface area contributed by atoms with Crippen molar-refractivity contribution in [1.82, 2.24) is 19.8 Å². The Morgan fingerprint density at radius 3 is 2.15 bits per heavy atom. The summed E-state index contributed by atoms with van der Waals surface area (Å²) in [7, 11) is 0. The number of rotatable bonds is 4. The Morgan fingerprint density at radius 1 is 0.852 bits per heavy atom. The van der Waals surface area contributed by atoms with Crippen LogP contribution in [0.4, 0.5) is 11.6 Å². The maximum atomic E-state index is 12.5. The lowest BCUT2D eigenvalue weighted by molar-refractivity contribution is -0.133. The van der Waals surface area contributed by atoms with Crippen molar-refractivity contribution in [3.8, 4) is 0 Å². The number of likely N-dealkylation sites (tertiary alicyclic amines) is 1. The summed E-state index contributed by atoms with van der Waals surface area (Å²) >= 11 is 0. The summed E-state index contributed by atoms with van der Waals surface area (Å²) in [6.45, 7) is 9.27. The van der Waals surface area contributed by atoms with Crippen LogP contribution >= 0.6 is 0 Å². The van der Waals surface area contributed by atoms with E-state index >= 15 is 0 Å². The molecule has 4 rings (SSSR count). The van der Waals surface area contributed by atoms with Crippen LogP contribution < -0.4 is 9.80 Å². The van der Waals surface area contributed by atoms with E-state index in [4.69, 9.17) is 4.74 Å². The zero-order valence-electron chi connectivity index (χ0n) is 16.1. The second kappa shape index (κ2) is 8.84. The molecule has 1 aromatic rings. The summed E-state index contributed by atoms with van der Waals surface area (Å²) in [6, 6.07) is 2.08. The van der Waals surface area contributed by atoms with E-state index in [1.165, 1.54) is 6.42 Å². The highest BCUT2D eigenvalue weighted by molar-refractivity contribution is 5.78. The molecule has 0 saturated carbocycles. The number of morpholine rings is 1. The first-order chi connectivity index (χ1) is 13.3. The predicted molar refractivity (Wildman–Crippen MR) is 104 cm³/mol. The largest absolute Gasteiger partial charge is 0.378 e. The van der Waals surface area contributed by atoms with Crippen molar-refractivity contribution in [3.05, 3.63) is 12.4 Å². The lowest BCUT2D eigenvalue weighted by Gasteiger charge is -2.37.